The van der Waals surface area contributed by atoms with Gasteiger partial charge in [-0.15, -0.1) is 0 Å². The lowest BCUT2D eigenvalue weighted by atomic mass is 9.98. The predicted octanol–water partition coefficient (Wildman–Crippen LogP) is 5.73. The number of hydrogen-bond donors (Lipinski definition) is 1. The van der Waals surface area contributed by atoms with Gasteiger partial charge in [-0.1, -0.05) is 6.58 Å². The summed E-state index contributed by atoms with van der Waals surface area (Å²) in [5, 5.41) is 10.8. The molecule has 0 saturated carbocycles. The van der Waals surface area contributed by atoms with Crippen molar-refractivity contribution in [2.75, 3.05) is 0 Å². The first kappa shape index (κ1) is 19.1. The lowest BCUT2D eigenvalue weighted by Gasteiger charge is -2.14. The van der Waals surface area contributed by atoms with Crippen LogP contribution in [0.5, 0.6) is 0 Å². The van der Waals surface area contributed by atoms with Crippen LogP contribution >= 0.6 is 0 Å². The number of halogens is 2. The lowest BCUT2D eigenvalue weighted by molar-refractivity contribution is 0.0175. The van der Waals surface area contributed by atoms with Gasteiger partial charge in [-0.25, -0.2) is 8.78 Å². The van der Waals surface area contributed by atoms with Gasteiger partial charge in [-0.2, -0.15) is 0 Å². The average Bonchev–Trinajstić information content (AvgIpc) is 2.87. The number of fused-ring (bicyclic) bond motifs is 1. The van der Waals surface area contributed by atoms with Crippen molar-refractivity contribution in [1.29, 1.82) is 0 Å². The highest BCUT2D eigenvalue weighted by molar-refractivity contribution is 5.85. The van der Waals surface area contributed by atoms with E-state index < -0.39 is 5.92 Å². The fourth-order valence-electron chi connectivity index (χ4n) is 3.59. The number of hydrogen-bond acceptors (Lipinski definition) is 2. The highest BCUT2D eigenvalue weighted by Crippen LogP contribution is 2.33. The van der Waals surface area contributed by atoms with Gasteiger partial charge in [0.25, 0.3) is 5.92 Å². The quantitative estimate of drug-likeness (QED) is 0.596. The molecule has 3 nitrogen and oxygen atoms in total. The van der Waals surface area contributed by atoms with Crippen LogP contribution in [0.4, 0.5) is 8.78 Å². The number of benzene rings is 1. The molecule has 5 heteroatoms. The van der Waals surface area contributed by atoms with E-state index in [1.54, 1.807) is 18.3 Å². The second-order valence-electron chi connectivity index (χ2n) is 7.29. The molecule has 0 atom stereocenters. The van der Waals surface area contributed by atoms with Crippen LogP contribution in [0.3, 0.4) is 0 Å². The van der Waals surface area contributed by atoms with Crippen molar-refractivity contribution in [3.05, 3.63) is 70.2 Å². The zero-order valence-electron chi connectivity index (χ0n) is 16.3. The van der Waals surface area contributed by atoms with E-state index in [2.05, 4.69) is 11.6 Å². The van der Waals surface area contributed by atoms with Crippen LogP contribution in [0.1, 0.15) is 46.1 Å². The van der Waals surface area contributed by atoms with Crippen molar-refractivity contribution in [2.24, 2.45) is 7.05 Å². The van der Waals surface area contributed by atoms with Crippen LogP contribution in [0.2, 0.25) is 0 Å². The largest absolute Gasteiger partial charge is 0.508 e. The Balaban J connectivity index is 2.15. The molecule has 3 rings (SSSR count). The molecule has 0 bridgehead atoms. The van der Waals surface area contributed by atoms with Crippen LogP contribution in [0.25, 0.3) is 16.7 Å². The molecular weight excluding hydrogens is 346 g/mol. The fraction of sp³-hybridized carbons (Fsp3) is 0.318. The first-order valence-corrected chi connectivity index (χ1v) is 8.81. The summed E-state index contributed by atoms with van der Waals surface area (Å²) in [6, 6.07) is 5.16. The summed E-state index contributed by atoms with van der Waals surface area (Å²) in [7, 11) is 1.89. The number of aromatic nitrogens is 2. The number of aliphatic hydroxyl groups is 1. The van der Waals surface area contributed by atoms with Gasteiger partial charge in [0.2, 0.25) is 0 Å². The van der Waals surface area contributed by atoms with Crippen LogP contribution in [-0.4, -0.2) is 14.7 Å². The third-order valence-electron chi connectivity index (χ3n) is 5.32. The Hall–Kier alpha value is -2.69. The molecule has 27 heavy (non-hydrogen) atoms. The van der Waals surface area contributed by atoms with Crippen LogP contribution in [-0.2, 0) is 19.4 Å². The van der Waals surface area contributed by atoms with Gasteiger partial charge in [-0.3, -0.25) is 4.98 Å². The first-order chi connectivity index (χ1) is 12.5. The Morgan fingerprint density at radius 3 is 2.48 bits per heavy atom. The Morgan fingerprint density at radius 2 is 1.89 bits per heavy atom. The number of pyridine rings is 1. The van der Waals surface area contributed by atoms with Crippen molar-refractivity contribution in [1.82, 2.24) is 9.55 Å². The van der Waals surface area contributed by atoms with Gasteiger partial charge in [0, 0.05) is 60.0 Å². The maximum atomic E-state index is 13.8. The van der Waals surface area contributed by atoms with Crippen molar-refractivity contribution in [3.8, 4) is 0 Å². The second-order valence-corrected chi connectivity index (χ2v) is 7.29. The van der Waals surface area contributed by atoms with E-state index in [4.69, 9.17) is 0 Å². The zero-order valence-corrected chi connectivity index (χ0v) is 16.3. The molecule has 0 aliphatic carbocycles. The van der Waals surface area contributed by atoms with Crippen molar-refractivity contribution in [3.63, 3.8) is 0 Å². The number of alkyl halides is 2. The Bertz CT molecular complexity index is 1060. The maximum absolute atomic E-state index is 13.8. The molecule has 0 spiro atoms. The molecular formula is C22H24F2N2O. The molecule has 0 aliphatic rings. The summed E-state index contributed by atoms with van der Waals surface area (Å²) in [6.07, 6.45) is 2.21. The van der Waals surface area contributed by atoms with Crippen LogP contribution < -0.4 is 0 Å². The van der Waals surface area contributed by atoms with Gasteiger partial charge in [0.1, 0.15) is 5.76 Å². The lowest BCUT2D eigenvalue weighted by Crippen LogP contribution is -2.08. The average molecular weight is 370 g/mol. The van der Waals surface area contributed by atoms with Gasteiger partial charge in [0.05, 0.1) is 0 Å². The highest BCUT2D eigenvalue weighted by atomic mass is 19.3. The van der Waals surface area contributed by atoms with E-state index in [1.807, 2.05) is 38.5 Å². The topological polar surface area (TPSA) is 38.1 Å². The van der Waals surface area contributed by atoms with Crippen molar-refractivity contribution >= 4 is 16.7 Å². The van der Waals surface area contributed by atoms with E-state index >= 15 is 0 Å². The monoisotopic (exact) mass is 370 g/mol. The van der Waals surface area contributed by atoms with E-state index in [0.717, 1.165) is 45.9 Å². The number of aliphatic hydroxyl groups excluding tert-OH is 1. The number of rotatable bonds is 4. The van der Waals surface area contributed by atoms with Crippen LogP contribution in [0, 0.1) is 20.8 Å². The number of aryl methyl sites for hydroxylation is 3. The van der Waals surface area contributed by atoms with E-state index in [1.165, 1.54) is 0 Å². The molecule has 0 saturated heterocycles. The SMILES string of the molecule is C=C(O)c1cnc(C)c(Cc2cc3c(C)cc(C(C)(F)F)cc3n2C)c1C. The van der Waals surface area contributed by atoms with Gasteiger partial charge in [0.15, 0.2) is 0 Å². The van der Waals surface area contributed by atoms with Gasteiger partial charge >= 0.3 is 0 Å². The molecule has 0 amide bonds. The van der Waals surface area contributed by atoms with E-state index in [9.17, 15) is 13.9 Å². The smallest absolute Gasteiger partial charge is 0.270 e. The highest BCUT2D eigenvalue weighted by Gasteiger charge is 2.26. The minimum Gasteiger partial charge on any atom is -0.508 e. The fourth-order valence-corrected chi connectivity index (χ4v) is 3.59. The molecule has 0 radical (unpaired) electrons. The van der Waals surface area contributed by atoms with E-state index in [0.29, 0.717) is 12.0 Å². The Kier molecular flexibility index (Phi) is 4.58. The summed E-state index contributed by atoms with van der Waals surface area (Å²) in [6.45, 7) is 10.2. The molecule has 0 fully saturated rings. The second kappa shape index (κ2) is 6.48. The van der Waals surface area contributed by atoms with Crippen LogP contribution in [0.15, 0.2) is 31.0 Å². The summed E-state index contributed by atoms with van der Waals surface area (Å²) in [4.78, 5) is 4.38. The molecule has 142 valence electrons. The Labute approximate surface area is 158 Å². The minimum atomic E-state index is -2.88. The molecule has 3 aromatic rings. The molecule has 1 aromatic carbocycles. The molecule has 0 unspecified atom stereocenters. The zero-order chi connectivity index (χ0) is 20.1. The first-order valence-electron chi connectivity index (χ1n) is 8.81. The minimum absolute atomic E-state index is 0.0102. The molecule has 1 N–H and O–H groups in total. The molecule has 2 heterocycles. The predicted molar refractivity (Wildman–Crippen MR) is 105 cm³/mol. The summed E-state index contributed by atoms with van der Waals surface area (Å²) in [5.41, 5.74) is 6.07. The normalized spacial score (nSPS) is 12.0. The molecule has 0 aliphatic heterocycles. The third kappa shape index (κ3) is 3.34. The number of nitrogens with zero attached hydrogens (tertiary/aromatic N) is 2. The van der Waals surface area contributed by atoms with Gasteiger partial charge in [-0.05, 0) is 55.7 Å². The van der Waals surface area contributed by atoms with Crippen molar-refractivity contribution in [2.45, 2.75) is 40.0 Å². The van der Waals surface area contributed by atoms with E-state index in [-0.39, 0.29) is 11.3 Å². The summed E-state index contributed by atoms with van der Waals surface area (Å²) in [5.74, 6) is -2.89. The summed E-state index contributed by atoms with van der Waals surface area (Å²) < 4.78 is 29.6. The third-order valence-corrected chi connectivity index (χ3v) is 5.32. The standard InChI is InChI=1S/C22H24F2N2O/c1-12-7-16(22(5,23)24)8-21-18(12)9-17(26(21)6)10-19-13(2)20(15(4)27)11-25-14(19)3/h7-9,11,27H,4,10H2,1-3,5-6H3. The van der Waals surface area contributed by atoms with Gasteiger partial charge < -0.3 is 9.67 Å². The van der Waals surface area contributed by atoms with Crippen molar-refractivity contribution < 1.29 is 13.9 Å². The summed E-state index contributed by atoms with van der Waals surface area (Å²) >= 11 is 0. The maximum Gasteiger partial charge on any atom is 0.270 e. The molecule has 2 aromatic heterocycles. The Morgan fingerprint density at radius 1 is 1.22 bits per heavy atom.